The van der Waals surface area contributed by atoms with Crippen molar-refractivity contribution in [1.29, 1.82) is 0 Å². The number of fused-ring (bicyclic) bond motifs is 1. The normalized spacial score (nSPS) is 15.7. The molecule has 0 spiro atoms. The van der Waals surface area contributed by atoms with Crippen molar-refractivity contribution in [3.05, 3.63) is 52.2 Å². The molecule has 2 heterocycles. The highest BCUT2D eigenvalue weighted by atomic mass is 32.1. The maximum Gasteiger partial charge on any atom is 0.242 e. The molecule has 0 aliphatic carbocycles. The van der Waals surface area contributed by atoms with Crippen LogP contribution < -0.4 is 4.74 Å². The van der Waals surface area contributed by atoms with E-state index >= 15 is 0 Å². The number of carbonyl (C=O) groups excluding carboxylic acids is 2. The monoisotopic (exact) mass is 416 g/mol. The highest BCUT2D eigenvalue weighted by Gasteiger charge is 2.33. The van der Waals surface area contributed by atoms with Crippen LogP contribution in [0.15, 0.2) is 41.8 Å². The molecular weight excluding hydrogens is 388 g/mol. The number of para-hydroxylation sites is 1. The lowest BCUT2D eigenvalue weighted by Crippen LogP contribution is -2.48. The average Bonchev–Trinajstić information content (AvgIpc) is 3.24. The first-order valence-electron chi connectivity index (χ1n) is 9.94. The number of amides is 2. The summed E-state index contributed by atoms with van der Waals surface area (Å²) < 4.78 is 11.1. The predicted octanol–water partition coefficient (Wildman–Crippen LogP) is 3.14. The molecule has 0 fully saturated rings. The van der Waals surface area contributed by atoms with Crippen LogP contribution in [0.1, 0.15) is 29.8 Å². The number of ether oxygens (including phenoxy) is 2. The van der Waals surface area contributed by atoms with Crippen LogP contribution in [0.25, 0.3) is 0 Å². The predicted molar refractivity (Wildman–Crippen MR) is 113 cm³/mol. The zero-order valence-electron chi connectivity index (χ0n) is 17.0. The molecule has 0 radical (unpaired) electrons. The molecule has 7 heteroatoms. The number of hydrogen-bond donors (Lipinski definition) is 0. The Morgan fingerprint density at radius 2 is 2.03 bits per heavy atom. The lowest BCUT2D eigenvalue weighted by Gasteiger charge is -2.37. The molecule has 1 aliphatic rings. The highest BCUT2D eigenvalue weighted by Crippen LogP contribution is 2.34. The molecule has 2 aromatic rings. The lowest BCUT2D eigenvalue weighted by atomic mass is 10.0. The molecule has 0 bridgehead atoms. The van der Waals surface area contributed by atoms with E-state index in [0.717, 1.165) is 17.7 Å². The van der Waals surface area contributed by atoms with Gasteiger partial charge in [-0.3, -0.25) is 9.59 Å². The van der Waals surface area contributed by atoms with E-state index in [-0.39, 0.29) is 24.4 Å². The van der Waals surface area contributed by atoms with E-state index in [1.54, 1.807) is 23.3 Å². The second-order valence-electron chi connectivity index (χ2n) is 6.94. The maximum absolute atomic E-state index is 13.2. The van der Waals surface area contributed by atoms with Gasteiger partial charge in [-0.05, 0) is 35.6 Å². The molecule has 1 aromatic carbocycles. The number of carbonyl (C=O) groups is 2. The number of nitrogens with zero attached hydrogens (tertiary/aromatic N) is 2. The zero-order valence-corrected chi connectivity index (χ0v) is 17.8. The first kappa shape index (κ1) is 21.3. The smallest absolute Gasteiger partial charge is 0.242 e. The Morgan fingerprint density at radius 1 is 1.24 bits per heavy atom. The van der Waals surface area contributed by atoms with Gasteiger partial charge in [0.1, 0.15) is 12.4 Å². The molecule has 156 valence electrons. The Bertz CT molecular complexity index is 808. The lowest BCUT2D eigenvalue weighted by molar-refractivity contribution is -0.143. The van der Waals surface area contributed by atoms with Crippen molar-refractivity contribution in [2.24, 2.45) is 0 Å². The van der Waals surface area contributed by atoms with Gasteiger partial charge in [0.25, 0.3) is 0 Å². The molecule has 1 unspecified atom stereocenters. The topological polar surface area (TPSA) is 59.1 Å². The van der Waals surface area contributed by atoms with Gasteiger partial charge >= 0.3 is 0 Å². The third-order valence-corrected chi connectivity index (χ3v) is 6.11. The molecular formula is C22H28N2O4S. The first-order valence-corrected chi connectivity index (χ1v) is 10.8. The van der Waals surface area contributed by atoms with Crippen LogP contribution in [0.4, 0.5) is 0 Å². The number of rotatable bonds is 9. The van der Waals surface area contributed by atoms with Crippen molar-refractivity contribution in [2.45, 2.75) is 25.8 Å². The minimum Gasteiger partial charge on any atom is -0.491 e. The van der Waals surface area contributed by atoms with Gasteiger partial charge in [-0.15, -0.1) is 11.3 Å². The molecule has 1 aromatic heterocycles. The SMILES string of the molecule is CCC(=O)N(CCOC)CC(=O)N1CCc2sccc2C1COc1ccccc1. The third kappa shape index (κ3) is 5.36. The number of thiophene rings is 1. The van der Waals surface area contributed by atoms with E-state index in [9.17, 15) is 9.59 Å². The third-order valence-electron chi connectivity index (χ3n) is 5.11. The van der Waals surface area contributed by atoms with Crippen molar-refractivity contribution in [2.75, 3.05) is 40.0 Å². The minimum atomic E-state index is -0.154. The fourth-order valence-electron chi connectivity index (χ4n) is 3.54. The van der Waals surface area contributed by atoms with E-state index in [1.165, 1.54) is 4.88 Å². The number of methoxy groups -OCH3 is 1. The summed E-state index contributed by atoms with van der Waals surface area (Å²) in [7, 11) is 1.59. The number of benzene rings is 1. The fourth-order valence-corrected chi connectivity index (χ4v) is 4.47. The maximum atomic E-state index is 13.2. The van der Waals surface area contributed by atoms with Gasteiger partial charge in [0.05, 0.1) is 19.2 Å². The molecule has 1 atom stereocenters. The molecule has 29 heavy (non-hydrogen) atoms. The van der Waals surface area contributed by atoms with Crippen LogP contribution in [0.3, 0.4) is 0 Å². The first-order chi connectivity index (χ1) is 14.1. The van der Waals surface area contributed by atoms with Crippen LogP contribution in [0, 0.1) is 0 Å². The van der Waals surface area contributed by atoms with E-state index in [2.05, 4.69) is 11.4 Å². The summed E-state index contributed by atoms with van der Waals surface area (Å²) in [5.74, 6) is 0.687. The van der Waals surface area contributed by atoms with Crippen molar-refractivity contribution >= 4 is 23.2 Å². The fraction of sp³-hybridized carbons (Fsp3) is 0.455. The van der Waals surface area contributed by atoms with Gasteiger partial charge in [0.2, 0.25) is 11.8 Å². The van der Waals surface area contributed by atoms with Gasteiger partial charge < -0.3 is 19.3 Å². The highest BCUT2D eigenvalue weighted by molar-refractivity contribution is 7.10. The summed E-state index contributed by atoms with van der Waals surface area (Å²) in [4.78, 5) is 30.2. The van der Waals surface area contributed by atoms with Crippen LogP contribution in [-0.2, 0) is 20.7 Å². The van der Waals surface area contributed by atoms with E-state index in [4.69, 9.17) is 9.47 Å². The summed E-state index contributed by atoms with van der Waals surface area (Å²) in [6.45, 7) is 3.72. The van der Waals surface area contributed by atoms with Gasteiger partial charge in [-0.1, -0.05) is 25.1 Å². The van der Waals surface area contributed by atoms with Crippen LogP contribution in [0.2, 0.25) is 0 Å². The van der Waals surface area contributed by atoms with Crippen molar-refractivity contribution in [3.8, 4) is 5.75 Å². The molecule has 2 amide bonds. The van der Waals surface area contributed by atoms with Crippen LogP contribution in [-0.4, -0.2) is 61.6 Å². The minimum absolute atomic E-state index is 0.0410. The van der Waals surface area contributed by atoms with Gasteiger partial charge in [-0.2, -0.15) is 0 Å². The van der Waals surface area contributed by atoms with Crippen LogP contribution >= 0.6 is 11.3 Å². The van der Waals surface area contributed by atoms with Crippen LogP contribution in [0.5, 0.6) is 5.75 Å². The Morgan fingerprint density at radius 3 is 2.76 bits per heavy atom. The summed E-state index contributed by atoms with van der Waals surface area (Å²) in [5, 5.41) is 2.07. The average molecular weight is 417 g/mol. The van der Waals surface area contributed by atoms with E-state index < -0.39 is 0 Å². The second kappa shape index (κ2) is 10.4. The number of hydrogen-bond acceptors (Lipinski definition) is 5. The van der Waals surface area contributed by atoms with Gasteiger partial charge in [0, 0.05) is 31.5 Å². The largest absolute Gasteiger partial charge is 0.491 e. The van der Waals surface area contributed by atoms with E-state index in [1.807, 2.05) is 42.2 Å². The quantitative estimate of drug-likeness (QED) is 0.630. The summed E-state index contributed by atoms with van der Waals surface area (Å²) in [6.07, 6.45) is 1.20. The summed E-state index contributed by atoms with van der Waals surface area (Å²) in [6, 6.07) is 11.6. The Labute approximate surface area is 176 Å². The summed E-state index contributed by atoms with van der Waals surface area (Å²) in [5.41, 5.74) is 1.15. The second-order valence-corrected chi connectivity index (χ2v) is 7.94. The molecule has 6 nitrogen and oxygen atoms in total. The van der Waals surface area contributed by atoms with Gasteiger partial charge in [0.15, 0.2) is 0 Å². The van der Waals surface area contributed by atoms with Gasteiger partial charge in [-0.25, -0.2) is 0 Å². The standard InChI is InChI=1S/C22H28N2O4S/c1-3-21(25)23(12-13-27-2)15-22(26)24-11-9-20-18(10-14-29-20)19(24)16-28-17-7-5-4-6-8-17/h4-8,10,14,19H,3,9,11-13,15-16H2,1-2H3. The molecule has 0 saturated heterocycles. The Balaban J connectivity index is 1.74. The summed E-state index contributed by atoms with van der Waals surface area (Å²) >= 11 is 1.72. The Kier molecular flexibility index (Phi) is 7.66. The molecule has 1 aliphatic heterocycles. The molecule has 0 saturated carbocycles. The molecule has 0 N–H and O–H groups in total. The van der Waals surface area contributed by atoms with E-state index in [0.29, 0.717) is 32.7 Å². The van der Waals surface area contributed by atoms with Crippen molar-refractivity contribution in [1.82, 2.24) is 9.80 Å². The Hall–Kier alpha value is -2.38. The molecule has 3 rings (SSSR count). The zero-order chi connectivity index (χ0) is 20.6. The van der Waals surface area contributed by atoms with Crippen molar-refractivity contribution in [3.63, 3.8) is 0 Å². The van der Waals surface area contributed by atoms with Crippen molar-refractivity contribution < 1.29 is 19.1 Å².